The highest BCUT2D eigenvalue weighted by Gasteiger charge is 2.23. The van der Waals surface area contributed by atoms with Crippen molar-refractivity contribution < 1.29 is 9.53 Å². The minimum absolute atomic E-state index is 0.157. The molecule has 28 heavy (non-hydrogen) atoms. The van der Waals surface area contributed by atoms with Gasteiger partial charge in [0, 0.05) is 23.6 Å². The van der Waals surface area contributed by atoms with Crippen LogP contribution in [0, 0.1) is 0 Å². The van der Waals surface area contributed by atoms with Crippen molar-refractivity contribution in [3.05, 3.63) is 72.2 Å². The van der Waals surface area contributed by atoms with Crippen LogP contribution in [-0.4, -0.2) is 44.8 Å². The molecule has 0 radical (unpaired) electrons. The fourth-order valence-electron chi connectivity index (χ4n) is 3.25. The van der Waals surface area contributed by atoms with Gasteiger partial charge in [0.15, 0.2) is 6.04 Å². The highest BCUT2D eigenvalue weighted by Crippen LogP contribution is 2.24. The standard InChI is InChI=1S/C20H20N6O2/c1-28-16-7-8-18-17(11-16)15(12-22-18)9-10-21-20(27)19(26-13-23-24-25-26)14-5-3-2-4-6-14/h2-8,11-13,19,22H,9-10H2,1H3,(H,21,27). The molecule has 2 aromatic carbocycles. The number of benzene rings is 2. The van der Waals surface area contributed by atoms with Crippen molar-refractivity contribution in [2.75, 3.05) is 13.7 Å². The minimum Gasteiger partial charge on any atom is -0.497 e. The Morgan fingerprint density at radius 1 is 1.25 bits per heavy atom. The van der Waals surface area contributed by atoms with Gasteiger partial charge in [-0.15, -0.1) is 5.10 Å². The average molecular weight is 376 g/mol. The second-order valence-electron chi connectivity index (χ2n) is 6.37. The molecule has 0 fully saturated rings. The van der Waals surface area contributed by atoms with Gasteiger partial charge in [-0.1, -0.05) is 30.3 Å². The third-order valence-electron chi connectivity index (χ3n) is 4.66. The Bertz CT molecular complexity index is 1060. The van der Waals surface area contributed by atoms with Gasteiger partial charge < -0.3 is 15.0 Å². The van der Waals surface area contributed by atoms with Crippen LogP contribution in [0.25, 0.3) is 10.9 Å². The van der Waals surface area contributed by atoms with E-state index in [9.17, 15) is 4.79 Å². The molecule has 8 nitrogen and oxygen atoms in total. The molecule has 0 saturated carbocycles. The molecule has 0 spiro atoms. The number of methoxy groups -OCH3 is 1. The van der Waals surface area contributed by atoms with Gasteiger partial charge in [-0.2, -0.15) is 0 Å². The molecular formula is C20H20N6O2. The summed E-state index contributed by atoms with van der Waals surface area (Å²) < 4.78 is 6.77. The topological polar surface area (TPSA) is 97.7 Å². The maximum absolute atomic E-state index is 12.9. The van der Waals surface area contributed by atoms with Crippen LogP contribution in [0.3, 0.4) is 0 Å². The molecule has 0 aliphatic heterocycles. The molecule has 142 valence electrons. The minimum atomic E-state index is -0.612. The largest absolute Gasteiger partial charge is 0.497 e. The van der Waals surface area contributed by atoms with E-state index in [1.54, 1.807) is 7.11 Å². The first-order valence-corrected chi connectivity index (χ1v) is 8.95. The van der Waals surface area contributed by atoms with Crippen LogP contribution in [0.1, 0.15) is 17.2 Å². The zero-order chi connectivity index (χ0) is 19.3. The summed E-state index contributed by atoms with van der Waals surface area (Å²) in [5, 5.41) is 15.3. The van der Waals surface area contributed by atoms with Crippen molar-refractivity contribution in [3.8, 4) is 5.75 Å². The molecule has 0 aliphatic rings. The first-order valence-electron chi connectivity index (χ1n) is 8.95. The van der Waals surface area contributed by atoms with Gasteiger partial charge in [-0.05, 0) is 46.2 Å². The van der Waals surface area contributed by atoms with E-state index >= 15 is 0 Å². The summed E-state index contributed by atoms with van der Waals surface area (Å²) in [5.41, 5.74) is 2.98. The summed E-state index contributed by atoms with van der Waals surface area (Å²) >= 11 is 0. The zero-order valence-electron chi connectivity index (χ0n) is 15.4. The number of carbonyl (C=O) groups excluding carboxylic acids is 1. The van der Waals surface area contributed by atoms with Gasteiger partial charge in [-0.25, -0.2) is 4.68 Å². The first-order chi connectivity index (χ1) is 13.8. The van der Waals surface area contributed by atoms with E-state index in [4.69, 9.17) is 4.74 Å². The van der Waals surface area contributed by atoms with Gasteiger partial charge in [0.05, 0.1) is 7.11 Å². The summed E-state index contributed by atoms with van der Waals surface area (Å²) in [4.78, 5) is 16.1. The Morgan fingerprint density at radius 3 is 2.86 bits per heavy atom. The summed E-state index contributed by atoms with van der Waals surface area (Å²) in [5.74, 6) is 0.649. The number of rotatable bonds is 7. The molecule has 0 aliphatic carbocycles. The number of hydrogen-bond acceptors (Lipinski definition) is 5. The highest BCUT2D eigenvalue weighted by atomic mass is 16.5. The third-order valence-corrected chi connectivity index (χ3v) is 4.66. The van der Waals surface area contributed by atoms with Crippen LogP contribution in [0.5, 0.6) is 5.75 Å². The normalized spacial score (nSPS) is 12.0. The molecular weight excluding hydrogens is 356 g/mol. The van der Waals surface area contributed by atoms with E-state index in [1.807, 2.05) is 54.7 Å². The number of hydrogen-bond donors (Lipinski definition) is 2. The SMILES string of the molecule is COc1ccc2[nH]cc(CCNC(=O)C(c3ccccc3)n3cnnn3)c2c1. The predicted octanol–water partition coefficient (Wildman–Crippen LogP) is 2.11. The lowest BCUT2D eigenvalue weighted by molar-refractivity contribution is -0.123. The fraction of sp³-hybridized carbons (Fsp3) is 0.200. The highest BCUT2D eigenvalue weighted by molar-refractivity contribution is 5.85. The van der Waals surface area contributed by atoms with Crippen molar-refractivity contribution >= 4 is 16.8 Å². The van der Waals surface area contributed by atoms with Crippen molar-refractivity contribution in [2.45, 2.75) is 12.5 Å². The van der Waals surface area contributed by atoms with Crippen molar-refractivity contribution in [3.63, 3.8) is 0 Å². The number of aromatic nitrogens is 5. The summed E-state index contributed by atoms with van der Waals surface area (Å²) in [6, 6.07) is 14.7. The molecule has 8 heteroatoms. The number of aromatic amines is 1. The number of nitrogens with one attached hydrogen (secondary N) is 2. The quantitative estimate of drug-likeness (QED) is 0.515. The lowest BCUT2D eigenvalue weighted by atomic mass is 10.1. The smallest absolute Gasteiger partial charge is 0.249 e. The molecule has 0 bridgehead atoms. The number of H-pyrrole nitrogens is 1. The number of carbonyl (C=O) groups is 1. The van der Waals surface area contributed by atoms with E-state index in [0.717, 1.165) is 27.8 Å². The number of tetrazole rings is 1. The number of nitrogens with zero attached hydrogens (tertiary/aromatic N) is 4. The number of fused-ring (bicyclic) bond motifs is 1. The van der Waals surface area contributed by atoms with E-state index in [0.29, 0.717) is 13.0 Å². The molecule has 1 amide bonds. The Hall–Kier alpha value is -3.68. The average Bonchev–Trinajstić information content (AvgIpc) is 3.39. The van der Waals surface area contributed by atoms with E-state index < -0.39 is 6.04 Å². The van der Waals surface area contributed by atoms with Crippen molar-refractivity contribution in [2.24, 2.45) is 0 Å². The van der Waals surface area contributed by atoms with E-state index in [1.165, 1.54) is 11.0 Å². The Labute approximate surface area is 161 Å². The van der Waals surface area contributed by atoms with Gasteiger partial charge in [0.25, 0.3) is 0 Å². The third kappa shape index (κ3) is 3.57. The second-order valence-corrected chi connectivity index (χ2v) is 6.37. The predicted molar refractivity (Wildman–Crippen MR) is 104 cm³/mol. The Kier molecular flexibility index (Phi) is 5.01. The van der Waals surface area contributed by atoms with E-state index in [-0.39, 0.29) is 5.91 Å². The lowest BCUT2D eigenvalue weighted by Crippen LogP contribution is -2.34. The van der Waals surface area contributed by atoms with Crippen LogP contribution in [-0.2, 0) is 11.2 Å². The molecule has 1 atom stereocenters. The van der Waals surface area contributed by atoms with Crippen molar-refractivity contribution in [1.82, 2.24) is 30.5 Å². The van der Waals surface area contributed by atoms with Crippen molar-refractivity contribution in [1.29, 1.82) is 0 Å². The van der Waals surface area contributed by atoms with Gasteiger partial charge >= 0.3 is 0 Å². The maximum Gasteiger partial charge on any atom is 0.249 e. The van der Waals surface area contributed by atoms with Crippen LogP contribution in [0.4, 0.5) is 0 Å². The molecule has 4 aromatic rings. The van der Waals surface area contributed by atoms with Crippen LogP contribution in [0.2, 0.25) is 0 Å². The summed E-state index contributed by atoms with van der Waals surface area (Å²) in [7, 11) is 1.65. The fourth-order valence-corrected chi connectivity index (χ4v) is 3.25. The maximum atomic E-state index is 12.9. The molecule has 2 heterocycles. The van der Waals surface area contributed by atoms with Crippen LogP contribution >= 0.6 is 0 Å². The lowest BCUT2D eigenvalue weighted by Gasteiger charge is -2.16. The monoisotopic (exact) mass is 376 g/mol. The summed E-state index contributed by atoms with van der Waals surface area (Å²) in [6.45, 7) is 0.494. The Balaban J connectivity index is 1.47. The first kappa shape index (κ1) is 17.7. The molecule has 1 unspecified atom stereocenters. The van der Waals surface area contributed by atoms with Gasteiger partial charge in [-0.3, -0.25) is 4.79 Å². The van der Waals surface area contributed by atoms with Gasteiger partial charge in [0.2, 0.25) is 5.91 Å². The molecule has 2 N–H and O–H groups in total. The molecule has 2 aromatic heterocycles. The van der Waals surface area contributed by atoms with Gasteiger partial charge in [0.1, 0.15) is 12.1 Å². The number of ether oxygens (including phenoxy) is 1. The van der Waals surface area contributed by atoms with Crippen LogP contribution < -0.4 is 10.1 Å². The van der Waals surface area contributed by atoms with Crippen LogP contribution in [0.15, 0.2) is 61.1 Å². The van der Waals surface area contributed by atoms with E-state index in [2.05, 4.69) is 25.8 Å². The Morgan fingerprint density at radius 2 is 2.11 bits per heavy atom. The second kappa shape index (κ2) is 7.91. The zero-order valence-corrected chi connectivity index (χ0v) is 15.4. The molecule has 4 rings (SSSR count). The molecule has 0 saturated heterocycles. The summed E-state index contributed by atoms with van der Waals surface area (Å²) in [6.07, 6.45) is 4.10. The number of amides is 1.